The van der Waals surface area contributed by atoms with Crippen LogP contribution in [0.3, 0.4) is 0 Å². The number of rotatable bonds is 6. The number of carbonyl (C=O) groups is 2. The summed E-state index contributed by atoms with van der Waals surface area (Å²) in [6, 6.07) is 5.38. The van der Waals surface area contributed by atoms with Crippen LogP contribution in [0.2, 0.25) is 0 Å². The zero-order valence-corrected chi connectivity index (χ0v) is 18.3. The second kappa shape index (κ2) is 9.57. The fourth-order valence-electron chi connectivity index (χ4n) is 3.00. The molecule has 0 unspecified atom stereocenters. The van der Waals surface area contributed by atoms with Crippen molar-refractivity contribution in [3.63, 3.8) is 0 Å². The molecular weight excluding hydrogens is 412 g/mol. The number of hydrogen-bond donors (Lipinski definition) is 1. The number of piperazine rings is 1. The zero-order valence-electron chi connectivity index (χ0n) is 16.6. The number of amides is 2. The summed E-state index contributed by atoms with van der Waals surface area (Å²) in [6.45, 7) is 3.17. The minimum atomic E-state index is -0.275. The van der Waals surface area contributed by atoms with Crippen LogP contribution in [0.1, 0.15) is 5.56 Å². The predicted molar refractivity (Wildman–Crippen MR) is 117 cm³/mol. The second-order valence-electron chi connectivity index (χ2n) is 6.71. The number of benzene rings is 1. The van der Waals surface area contributed by atoms with Crippen LogP contribution < -0.4 is 14.9 Å². The number of hydrogen-bond acceptors (Lipinski definition) is 8. The van der Waals surface area contributed by atoms with E-state index in [1.165, 1.54) is 16.7 Å². The Kier molecular flexibility index (Phi) is 7.12. The summed E-state index contributed by atoms with van der Waals surface area (Å²) in [4.78, 5) is 29.1. The van der Waals surface area contributed by atoms with Gasteiger partial charge in [0.25, 0.3) is 11.8 Å². The van der Waals surface area contributed by atoms with E-state index >= 15 is 0 Å². The van der Waals surface area contributed by atoms with Crippen molar-refractivity contribution in [3.8, 4) is 11.5 Å². The number of nitrogens with one attached hydrogen (secondary N) is 1. The topological polar surface area (TPSA) is 74.4 Å². The lowest BCUT2D eigenvalue weighted by Gasteiger charge is -2.32. The predicted octanol–water partition coefficient (Wildman–Crippen LogP) is 1.18. The number of methoxy groups -OCH3 is 2. The lowest BCUT2D eigenvalue weighted by Crippen LogP contribution is -2.54. The van der Waals surface area contributed by atoms with Crippen molar-refractivity contribution in [3.05, 3.63) is 28.7 Å². The molecule has 2 aliphatic heterocycles. The van der Waals surface area contributed by atoms with E-state index in [0.717, 1.165) is 31.7 Å². The first-order valence-corrected chi connectivity index (χ1v) is 10.3. The van der Waals surface area contributed by atoms with E-state index in [0.29, 0.717) is 20.7 Å². The molecule has 0 spiro atoms. The quantitative estimate of drug-likeness (QED) is 0.527. The van der Waals surface area contributed by atoms with Crippen LogP contribution in [0.15, 0.2) is 23.1 Å². The fraction of sp³-hybridized carbons (Fsp3) is 0.421. The molecule has 29 heavy (non-hydrogen) atoms. The molecule has 2 fully saturated rings. The average Bonchev–Trinajstić information content (AvgIpc) is 2.97. The average molecular weight is 437 g/mol. The molecule has 2 aliphatic rings. The molecular formula is C19H24N4O4S2. The molecule has 2 heterocycles. The molecule has 1 N–H and O–H groups in total. The van der Waals surface area contributed by atoms with Crippen LogP contribution in [0.5, 0.6) is 11.5 Å². The summed E-state index contributed by atoms with van der Waals surface area (Å²) in [5.74, 6) is 0.655. The van der Waals surface area contributed by atoms with Crippen LogP contribution in [-0.2, 0) is 9.59 Å². The highest BCUT2D eigenvalue weighted by molar-refractivity contribution is 8.26. The highest BCUT2D eigenvalue weighted by atomic mass is 32.2. The second-order valence-corrected chi connectivity index (χ2v) is 8.38. The first-order chi connectivity index (χ1) is 13.9. The molecule has 0 aromatic heterocycles. The van der Waals surface area contributed by atoms with E-state index in [1.807, 2.05) is 18.1 Å². The van der Waals surface area contributed by atoms with Gasteiger partial charge in [-0.05, 0) is 30.8 Å². The monoisotopic (exact) mass is 436 g/mol. The SMILES string of the molecule is COc1ccc(/C=C2\SC(=S)N(CC(=O)NN3CCN(C)CC3)C2=O)cc1OC. The van der Waals surface area contributed by atoms with Crippen LogP contribution in [0, 0.1) is 0 Å². The number of ether oxygens (including phenoxy) is 2. The molecule has 156 valence electrons. The molecule has 1 aromatic rings. The van der Waals surface area contributed by atoms with E-state index in [1.54, 1.807) is 32.4 Å². The van der Waals surface area contributed by atoms with Crippen LogP contribution in [0.25, 0.3) is 6.08 Å². The van der Waals surface area contributed by atoms with Gasteiger partial charge in [-0.25, -0.2) is 5.01 Å². The van der Waals surface area contributed by atoms with Crippen molar-refractivity contribution in [1.29, 1.82) is 0 Å². The van der Waals surface area contributed by atoms with Crippen molar-refractivity contribution in [1.82, 2.24) is 20.2 Å². The summed E-state index contributed by atoms with van der Waals surface area (Å²) >= 11 is 6.50. The molecule has 2 saturated heterocycles. The zero-order chi connectivity index (χ0) is 21.0. The van der Waals surface area contributed by atoms with Gasteiger partial charge >= 0.3 is 0 Å². The van der Waals surface area contributed by atoms with Gasteiger partial charge in [0.1, 0.15) is 10.9 Å². The third kappa shape index (κ3) is 5.27. The van der Waals surface area contributed by atoms with Gasteiger partial charge in [0.05, 0.1) is 19.1 Å². The van der Waals surface area contributed by atoms with Gasteiger partial charge < -0.3 is 14.4 Å². The maximum atomic E-state index is 12.8. The lowest BCUT2D eigenvalue weighted by molar-refractivity contribution is -0.132. The minimum Gasteiger partial charge on any atom is -0.493 e. The van der Waals surface area contributed by atoms with Crippen molar-refractivity contribution in [2.45, 2.75) is 0 Å². The first kappa shape index (κ1) is 21.6. The molecule has 0 aliphatic carbocycles. The summed E-state index contributed by atoms with van der Waals surface area (Å²) in [6.07, 6.45) is 1.74. The molecule has 0 saturated carbocycles. The fourth-order valence-corrected chi connectivity index (χ4v) is 4.26. The minimum absolute atomic E-state index is 0.0969. The third-order valence-electron chi connectivity index (χ3n) is 4.67. The van der Waals surface area contributed by atoms with E-state index < -0.39 is 0 Å². The molecule has 3 rings (SSSR count). The summed E-state index contributed by atoms with van der Waals surface area (Å²) in [5.41, 5.74) is 3.64. The van der Waals surface area contributed by atoms with Crippen molar-refractivity contribution in [2.75, 3.05) is 54.0 Å². The number of nitrogens with zero attached hydrogens (tertiary/aromatic N) is 3. The molecule has 0 radical (unpaired) electrons. The highest BCUT2D eigenvalue weighted by Crippen LogP contribution is 2.34. The Morgan fingerprint density at radius 3 is 2.55 bits per heavy atom. The van der Waals surface area contributed by atoms with Gasteiger partial charge in [0, 0.05) is 26.2 Å². The molecule has 0 bridgehead atoms. The molecule has 0 atom stereocenters. The van der Waals surface area contributed by atoms with Crippen LogP contribution in [0.4, 0.5) is 0 Å². The molecule has 10 heteroatoms. The number of thioether (sulfide) groups is 1. The van der Waals surface area contributed by atoms with Gasteiger partial charge in [-0.1, -0.05) is 30.0 Å². The standard InChI is InChI=1S/C19H24N4O4S2/c1-21-6-8-22(9-7-21)20-17(24)12-23-18(25)16(29-19(23)28)11-13-4-5-14(26-2)15(10-13)27-3/h4-5,10-11H,6-9,12H2,1-3H3,(H,20,24)/b16-11-. The molecule has 1 aromatic carbocycles. The Bertz CT molecular complexity index is 837. The molecule has 8 nitrogen and oxygen atoms in total. The number of likely N-dealkylation sites (N-methyl/N-ethyl adjacent to an activating group) is 1. The van der Waals surface area contributed by atoms with Crippen molar-refractivity contribution >= 4 is 46.2 Å². The van der Waals surface area contributed by atoms with Crippen LogP contribution in [-0.4, -0.2) is 84.9 Å². The van der Waals surface area contributed by atoms with Gasteiger partial charge in [-0.2, -0.15) is 0 Å². The Hall–Kier alpha value is -2.14. The van der Waals surface area contributed by atoms with E-state index in [9.17, 15) is 9.59 Å². The summed E-state index contributed by atoms with van der Waals surface area (Å²) in [7, 11) is 5.17. The summed E-state index contributed by atoms with van der Waals surface area (Å²) in [5, 5.41) is 1.87. The van der Waals surface area contributed by atoms with Gasteiger partial charge in [0.15, 0.2) is 11.5 Å². The van der Waals surface area contributed by atoms with Gasteiger partial charge in [0.2, 0.25) is 0 Å². The smallest absolute Gasteiger partial charge is 0.266 e. The normalized spacial score (nSPS) is 19.7. The maximum Gasteiger partial charge on any atom is 0.266 e. The highest BCUT2D eigenvalue weighted by Gasteiger charge is 2.33. The number of thiocarbonyl (C=S) groups is 1. The van der Waals surface area contributed by atoms with Gasteiger partial charge in [-0.3, -0.25) is 19.9 Å². The van der Waals surface area contributed by atoms with Crippen LogP contribution >= 0.6 is 24.0 Å². The van der Waals surface area contributed by atoms with E-state index in [-0.39, 0.29) is 18.4 Å². The van der Waals surface area contributed by atoms with Gasteiger partial charge in [-0.15, -0.1) is 0 Å². The van der Waals surface area contributed by atoms with Crippen molar-refractivity contribution in [2.24, 2.45) is 0 Å². The Morgan fingerprint density at radius 1 is 1.21 bits per heavy atom. The lowest BCUT2D eigenvalue weighted by atomic mass is 10.2. The largest absolute Gasteiger partial charge is 0.493 e. The third-order valence-corrected chi connectivity index (χ3v) is 6.04. The Balaban J connectivity index is 1.64. The number of hydrazine groups is 1. The number of carbonyl (C=O) groups excluding carboxylic acids is 2. The van der Waals surface area contributed by atoms with E-state index in [4.69, 9.17) is 21.7 Å². The van der Waals surface area contributed by atoms with E-state index in [2.05, 4.69) is 10.3 Å². The van der Waals surface area contributed by atoms with Crippen molar-refractivity contribution < 1.29 is 19.1 Å². The summed E-state index contributed by atoms with van der Waals surface area (Å²) < 4.78 is 10.9. The first-order valence-electron chi connectivity index (χ1n) is 9.11. The Morgan fingerprint density at radius 2 is 1.90 bits per heavy atom. The molecule has 2 amide bonds. The maximum absolute atomic E-state index is 12.8. The Labute approximate surface area is 179 Å².